The SMILES string of the molecule is C#Cc1ccc(C2=N[C@@H](C(=O)ONCC)[C@H](C)O2)c(O)c1. The van der Waals surface area contributed by atoms with Crippen LogP contribution >= 0.6 is 0 Å². The Labute approximate surface area is 122 Å². The van der Waals surface area contributed by atoms with E-state index in [1.54, 1.807) is 19.1 Å². The zero-order chi connectivity index (χ0) is 15.4. The molecule has 1 aromatic carbocycles. The predicted molar refractivity (Wildman–Crippen MR) is 76.7 cm³/mol. The van der Waals surface area contributed by atoms with Crippen molar-refractivity contribution in [1.29, 1.82) is 0 Å². The number of rotatable bonds is 4. The fourth-order valence-corrected chi connectivity index (χ4v) is 1.89. The largest absolute Gasteiger partial charge is 0.507 e. The zero-order valence-corrected chi connectivity index (χ0v) is 11.8. The highest BCUT2D eigenvalue weighted by atomic mass is 16.7. The first kappa shape index (κ1) is 14.9. The number of terminal acetylenes is 1. The van der Waals surface area contributed by atoms with Crippen molar-refractivity contribution in [3.63, 3.8) is 0 Å². The molecule has 1 aromatic rings. The van der Waals surface area contributed by atoms with Gasteiger partial charge in [0.05, 0.1) is 5.56 Å². The summed E-state index contributed by atoms with van der Waals surface area (Å²) < 4.78 is 5.53. The Morgan fingerprint density at radius 1 is 1.62 bits per heavy atom. The summed E-state index contributed by atoms with van der Waals surface area (Å²) in [7, 11) is 0. The summed E-state index contributed by atoms with van der Waals surface area (Å²) in [5.74, 6) is 2.04. The zero-order valence-electron chi connectivity index (χ0n) is 11.8. The Morgan fingerprint density at radius 2 is 2.38 bits per heavy atom. The van der Waals surface area contributed by atoms with Gasteiger partial charge in [-0.25, -0.2) is 9.79 Å². The van der Waals surface area contributed by atoms with Crippen molar-refractivity contribution < 1.29 is 19.5 Å². The molecule has 0 amide bonds. The van der Waals surface area contributed by atoms with Gasteiger partial charge in [0.15, 0.2) is 6.04 Å². The van der Waals surface area contributed by atoms with E-state index < -0.39 is 18.1 Å². The quantitative estimate of drug-likeness (QED) is 0.637. The average Bonchev–Trinajstić information content (AvgIpc) is 2.86. The van der Waals surface area contributed by atoms with Crippen LogP contribution in [-0.4, -0.2) is 35.7 Å². The number of ether oxygens (including phenoxy) is 1. The van der Waals surface area contributed by atoms with Crippen molar-refractivity contribution in [2.45, 2.75) is 26.0 Å². The number of hydroxylamine groups is 1. The van der Waals surface area contributed by atoms with Crippen LogP contribution in [0.25, 0.3) is 0 Å². The van der Waals surface area contributed by atoms with Gasteiger partial charge in [-0.3, -0.25) is 0 Å². The lowest BCUT2D eigenvalue weighted by molar-refractivity contribution is -0.153. The Kier molecular flexibility index (Phi) is 4.45. The minimum Gasteiger partial charge on any atom is -0.507 e. The van der Waals surface area contributed by atoms with E-state index in [0.29, 0.717) is 17.7 Å². The molecule has 2 rings (SSSR count). The van der Waals surface area contributed by atoms with Crippen molar-refractivity contribution in [2.75, 3.05) is 6.54 Å². The highest BCUT2D eigenvalue weighted by Crippen LogP contribution is 2.25. The van der Waals surface area contributed by atoms with Crippen LogP contribution in [0.5, 0.6) is 5.75 Å². The van der Waals surface area contributed by atoms with Gasteiger partial charge in [-0.2, -0.15) is 5.48 Å². The molecule has 1 aliphatic rings. The average molecular weight is 288 g/mol. The number of aromatic hydroxyl groups is 1. The summed E-state index contributed by atoms with van der Waals surface area (Å²) in [6, 6.07) is 3.94. The number of nitrogens with zero attached hydrogens (tertiary/aromatic N) is 1. The number of hydrogen-bond donors (Lipinski definition) is 2. The molecule has 6 nitrogen and oxygen atoms in total. The number of hydrogen-bond acceptors (Lipinski definition) is 6. The maximum absolute atomic E-state index is 11.8. The number of benzene rings is 1. The van der Waals surface area contributed by atoms with Gasteiger partial charge in [0.25, 0.3) is 0 Å². The lowest BCUT2D eigenvalue weighted by Crippen LogP contribution is -2.33. The first-order valence-electron chi connectivity index (χ1n) is 6.54. The molecule has 0 saturated heterocycles. The third kappa shape index (κ3) is 3.15. The van der Waals surface area contributed by atoms with E-state index in [1.165, 1.54) is 6.07 Å². The van der Waals surface area contributed by atoms with Crippen molar-refractivity contribution in [1.82, 2.24) is 5.48 Å². The molecule has 2 atom stereocenters. The van der Waals surface area contributed by atoms with Gasteiger partial charge in [0.1, 0.15) is 11.9 Å². The predicted octanol–water partition coefficient (Wildman–Crippen LogP) is 0.975. The fraction of sp³-hybridized carbons (Fsp3) is 0.333. The fourth-order valence-electron chi connectivity index (χ4n) is 1.89. The number of aliphatic imine (C=N–C) groups is 1. The van der Waals surface area contributed by atoms with E-state index in [1.807, 2.05) is 6.92 Å². The van der Waals surface area contributed by atoms with Gasteiger partial charge in [-0.05, 0) is 32.0 Å². The van der Waals surface area contributed by atoms with Crippen LogP contribution in [0.3, 0.4) is 0 Å². The molecular weight excluding hydrogens is 272 g/mol. The summed E-state index contributed by atoms with van der Waals surface area (Å²) in [5, 5.41) is 9.95. The molecule has 1 aliphatic heterocycles. The third-order valence-corrected chi connectivity index (χ3v) is 2.95. The molecule has 0 bridgehead atoms. The van der Waals surface area contributed by atoms with Crippen LogP contribution in [0.1, 0.15) is 25.0 Å². The number of carbonyl (C=O) groups excluding carboxylic acids is 1. The van der Waals surface area contributed by atoms with Gasteiger partial charge in [0, 0.05) is 12.1 Å². The molecular formula is C15H16N2O4. The highest BCUT2D eigenvalue weighted by molar-refractivity contribution is 6.00. The minimum atomic E-state index is -0.772. The second-order valence-corrected chi connectivity index (χ2v) is 4.50. The normalized spacial score (nSPS) is 20.3. The Morgan fingerprint density at radius 3 is 3.00 bits per heavy atom. The summed E-state index contributed by atoms with van der Waals surface area (Å²) in [6.45, 7) is 4.02. The second kappa shape index (κ2) is 6.29. The van der Waals surface area contributed by atoms with Gasteiger partial charge >= 0.3 is 5.97 Å². The van der Waals surface area contributed by atoms with E-state index in [2.05, 4.69) is 16.4 Å². The smallest absolute Gasteiger partial charge is 0.353 e. The first-order valence-corrected chi connectivity index (χ1v) is 6.54. The van der Waals surface area contributed by atoms with Crippen molar-refractivity contribution in [3.05, 3.63) is 29.3 Å². The minimum absolute atomic E-state index is 0.0444. The molecule has 6 heteroatoms. The topological polar surface area (TPSA) is 80.2 Å². The second-order valence-electron chi connectivity index (χ2n) is 4.50. The molecule has 0 saturated carbocycles. The summed E-state index contributed by atoms with van der Waals surface area (Å²) in [6.07, 6.45) is 4.79. The van der Waals surface area contributed by atoms with Crippen molar-refractivity contribution >= 4 is 11.9 Å². The Balaban J connectivity index is 2.22. The van der Waals surface area contributed by atoms with Crippen molar-refractivity contribution in [2.24, 2.45) is 4.99 Å². The van der Waals surface area contributed by atoms with Gasteiger partial charge in [-0.15, -0.1) is 6.42 Å². The van der Waals surface area contributed by atoms with Crippen LogP contribution in [0, 0.1) is 12.3 Å². The number of phenolic OH excluding ortho intramolecular Hbond substituents is 1. The van der Waals surface area contributed by atoms with Crippen LogP contribution < -0.4 is 5.48 Å². The summed E-state index contributed by atoms with van der Waals surface area (Å²) >= 11 is 0. The Hall–Kier alpha value is -2.52. The van der Waals surface area contributed by atoms with Crippen LogP contribution in [0.2, 0.25) is 0 Å². The number of nitrogens with one attached hydrogen (secondary N) is 1. The molecule has 0 radical (unpaired) electrons. The monoisotopic (exact) mass is 288 g/mol. The molecule has 110 valence electrons. The number of phenols is 1. The van der Waals surface area contributed by atoms with Crippen molar-refractivity contribution in [3.8, 4) is 18.1 Å². The van der Waals surface area contributed by atoms with Crippen LogP contribution in [-0.2, 0) is 14.4 Å². The van der Waals surface area contributed by atoms with E-state index in [4.69, 9.17) is 16.0 Å². The van der Waals surface area contributed by atoms with E-state index in [0.717, 1.165) is 0 Å². The molecule has 0 aromatic heterocycles. The maximum Gasteiger partial charge on any atom is 0.353 e. The molecule has 0 fully saturated rings. The lowest BCUT2D eigenvalue weighted by Gasteiger charge is -2.11. The van der Waals surface area contributed by atoms with Gasteiger partial charge in [0.2, 0.25) is 5.90 Å². The molecule has 0 unspecified atom stereocenters. The van der Waals surface area contributed by atoms with Gasteiger partial charge in [-0.1, -0.05) is 5.92 Å². The molecule has 2 N–H and O–H groups in total. The standard InChI is InChI=1S/C15H16N2O4/c1-4-10-6-7-11(12(18)8-10)14-17-13(9(3)20-14)15(19)21-16-5-2/h1,6-9,13,16,18H,5H2,2-3H3/t9-,13+/m0/s1. The summed E-state index contributed by atoms with van der Waals surface area (Å²) in [4.78, 5) is 20.8. The number of carbonyl (C=O) groups is 1. The first-order chi connectivity index (χ1) is 10.1. The molecule has 0 aliphatic carbocycles. The van der Waals surface area contributed by atoms with Crippen LogP contribution in [0.4, 0.5) is 0 Å². The maximum atomic E-state index is 11.8. The molecule has 1 heterocycles. The third-order valence-electron chi connectivity index (χ3n) is 2.95. The van der Waals surface area contributed by atoms with E-state index in [-0.39, 0.29) is 11.6 Å². The molecule has 0 spiro atoms. The van der Waals surface area contributed by atoms with Crippen LogP contribution in [0.15, 0.2) is 23.2 Å². The molecule has 21 heavy (non-hydrogen) atoms. The highest BCUT2D eigenvalue weighted by Gasteiger charge is 2.36. The van der Waals surface area contributed by atoms with E-state index >= 15 is 0 Å². The van der Waals surface area contributed by atoms with E-state index in [9.17, 15) is 9.90 Å². The lowest BCUT2D eigenvalue weighted by atomic mass is 10.1. The Bertz CT molecular complexity index is 619. The van der Waals surface area contributed by atoms with Gasteiger partial charge < -0.3 is 14.7 Å². The summed E-state index contributed by atoms with van der Waals surface area (Å²) in [5.41, 5.74) is 3.42.